The molecule has 1 aromatic heterocycles. The first-order valence-corrected chi connectivity index (χ1v) is 7.04. The van der Waals surface area contributed by atoms with Gasteiger partial charge in [0.25, 0.3) is 5.91 Å². The van der Waals surface area contributed by atoms with E-state index in [1.807, 2.05) is 20.8 Å². The highest BCUT2D eigenvalue weighted by Crippen LogP contribution is 2.19. The van der Waals surface area contributed by atoms with Crippen molar-refractivity contribution in [1.29, 1.82) is 0 Å². The summed E-state index contributed by atoms with van der Waals surface area (Å²) in [5.74, 6) is 0.405. The molecule has 0 aliphatic heterocycles. The molecule has 5 nitrogen and oxygen atoms in total. The van der Waals surface area contributed by atoms with Gasteiger partial charge < -0.3 is 10.4 Å². The van der Waals surface area contributed by atoms with Crippen LogP contribution in [0.25, 0.3) is 0 Å². The molecule has 18 heavy (non-hydrogen) atoms. The number of hydrogen-bond donors (Lipinski definition) is 2. The monoisotopic (exact) mass is 271 g/mol. The van der Waals surface area contributed by atoms with Gasteiger partial charge in [-0.05, 0) is 36.2 Å². The molecule has 0 bridgehead atoms. The zero-order chi connectivity index (χ0) is 13.5. The largest absolute Gasteiger partial charge is 0.396 e. The Kier molecular flexibility index (Phi) is 6.21. The lowest BCUT2D eigenvalue weighted by atomic mass is 10.1. The topological polar surface area (TPSA) is 75.1 Å². The Morgan fingerprint density at radius 3 is 2.78 bits per heavy atom. The van der Waals surface area contributed by atoms with E-state index in [0.29, 0.717) is 11.4 Å². The fourth-order valence-electron chi connectivity index (χ4n) is 1.56. The number of rotatable bonds is 7. The van der Waals surface area contributed by atoms with E-state index in [9.17, 15) is 4.79 Å². The molecule has 1 heterocycles. The zero-order valence-electron chi connectivity index (χ0n) is 11.1. The number of hydrogen-bond acceptors (Lipinski definition) is 5. The van der Waals surface area contributed by atoms with Gasteiger partial charge in [-0.15, -0.1) is 5.10 Å². The molecule has 1 amide bonds. The van der Waals surface area contributed by atoms with Gasteiger partial charge in [-0.25, -0.2) is 0 Å². The van der Waals surface area contributed by atoms with Gasteiger partial charge >= 0.3 is 0 Å². The van der Waals surface area contributed by atoms with Crippen molar-refractivity contribution < 1.29 is 9.90 Å². The maximum absolute atomic E-state index is 11.9. The normalized spacial score (nSPS) is 12.7. The predicted molar refractivity (Wildman–Crippen MR) is 71.8 cm³/mol. The van der Waals surface area contributed by atoms with Crippen LogP contribution in [0.1, 0.15) is 54.9 Å². The van der Waals surface area contributed by atoms with Gasteiger partial charge in [0, 0.05) is 13.2 Å². The Morgan fingerprint density at radius 2 is 2.17 bits per heavy atom. The second-order valence-electron chi connectivity index (χ2n) is 4.83. The Labute approximate surface area is 112 Å². The number of carbonyl (C=O) groups is 1. The van der Waals surface area contributed by atoms with E-state index in [-0.39, 0.29) is 24.3 Å². The number of amides is 1. The molecule has 0 aliphatic carbocycles. The molecular weight excluding hydrogens is 250 g/mol. The minimum absolute atomic E-state index is 0.0923. The minimum atomic E-state index is -0.0923. The first-order valence-electron chi connectivity index (χ1n) is 6.27. The van der Waals surface area contributed by atoms with Crippen LogP contribution >= 0.6 is 11.5 Å². The summed E-state index contributed by atoms with van der Waals surface area (Å²) in [6, 6.07) is 0. The molecule has 0 saturated heterocycles. The minimum Gasteiger partial charge on any atom is -0.396 e. The number of nitrogens with one attached hydrogen (secondary N) is 1. The third kappa shape index (κ3) is 4.34. The van der Waals surface area contributed by atoms with E-state index >= 15 is 0 Å². The SMILES string of the molecule is CC(CO)CCCNC(=O)c1snnc1C(C)C. The third-order valence-electron chi connectivity index (χ3n) is 2.74. The van der Waals surface area contributed by atoms with Gasteiger partial charge in [0.15, 0.2) is 0 Å². The van der Waals surface area contributed by atoms with Crippen LogP contribution in [0.3, 0.4) is 0 Å². The van der Waals surface area contributed by atoms with Crippen LogP contribution in [-0.2, 0) is 0 Å². The van der Waals surface area contributed by atoms with Crippen LogP contribution in [0.4, 0.5) is 0 Å². The van der Waals surface area contributed by atoms with Crippen molar-refractivity contribution in [2.75, 3.05) is 13.2 Å². The Morgan fingerprint density at radius 1 is 1.44 bits per heavy atom. The van der Waals surface area contributed by atoms with Crippen LogP contribution in [0.15, 0.2) is 0 Å². The van der Waals surface area contributed by atoms with E-state index in [2.05, 4.69) is 14.9 Å². The van der Waals surface area contributed by atoms with Crippen molar-refractivity contribution in [1.82, 2.24) is 14.9 Å². The first kappa shape index (κ1) is 15.0. The average molecular weight is 271 g/mol. The maximum atomic E-state index is 11.9. The lowest BCUT2D eigenvalue weighted by Crippen LogP contribution is -2.25. The number of carbonyl (C=O) groups excluding carboxylic acids is 1. The van der Waals surface area contributed by atoms with Crippen LogP contribution in [0, 0.1) is 5.92 Å². The highest BCUT2D eigenvalue weighted by Gasteiger charge is 2.18. The maximum Gasteiger partial charge on any atom is 0.264 e. The molecular formula is C12H21N3O2S. The molecule has 6 heteroatoms. The number of nitrogens with zero attached hydrogens (tertiary/aromatic N) is 2. The fourth-order valence-corrected chi connectivity index (χ4v) is 2.29. The van der Waals surface area contributed by atoms with Gasteiger partial charge in [0.05, 0.1) is 5.69 Å². The number of aliphatic hydroxyl groups excluding tert-OH is 1. The van der Waals surface area contributed by atoms with Crippen LogP contribution in [0.2, 0.25) is 0 Å². The molecule has 0 aliphatic rings. The lowest BCUT2D eigenvalue weighted by molar-refractivity contribution is 0.0954. The summed E-state index contributed by atoms with van der Waals surface area (Å²) in [6.45, 7) is 6.81. The second-order valence-corrected chi connectivity index (χ2v) is 5.58. The average Bonchev–Trinajstić information content (AvgIpc) is 2.83. The Bertz CT molecular complexity index is 379. The lowest BCUT2D eigenvalue weighted by Gasteiger charge is -2.08. The third-order valence-corrected chi connectivity index (χ3v) is 3.48. The van der Waals surface area contributed by atoms with Gasteiger partial charge in [-0.3, -0.25) is 4.79 Å². The summed E-state index contributed by atoms with van der Waals surface area (Å²) >= 11 is 1.14. The smallest absolute Gasteiger partial charge is 0.264 e. The van der Waals surface area contributed by atoms with E-state index in [4.69, 9.17) is 5.11 Å². The van der Waals surface area contributed by atoms with E-state index in [1.165, 1.54) is 0 Å². The van der Waals surface area contributed by atoms with Crippen LogP contribution < -0.4 is 5.32 Å². The van der Waals surface area contributed by atoms with Gasteiger partial charge in [0.1, 0.15) is 4.88 Å². The zero-order valence-corrected chi connectivity index (χ0v) is 12.0. The van der Waals surface area contributed by atoms with Crippen molar-refractivity contribution in [3.63, 3.8) is 0 Å². The number of aromatic nitrogens is 2. The van der Waals surface area contributed by atoms with Gasteiger partial charge in [-0.1, -0.05) is 25.3 Å². The van der Waals surface area contributed by atoms with Crippen LogP contribution in [0.5, 0.6) is 0 Å². The molecule has 0 radical (unpaired) electrons. The van der Waals surface area contributed by atoms with Crippen molar-refractivity contribution in [3.8, 4) is 0 Å². The first-order chi connectivity index (χ1) is 8.56. The quantitative estimate of drug-likeness (QED) is 0.742. The second kappa shape index (κ2) is 7.43. The fraction of sp³-hybridized carbons (Fsp3) is 0.750. The summed E-state index contributed by atoms with van der Waals surface area (Å²) in [4.78, 5) is 12.5. The summed E-state index contributed by atoms with van der Waals surface area (Å²) in [6.07, 6.45) is 1.78. The van der Waals surface area contributed by atoms with Crippen LogP contribution in [-0.4, -0.2) is 33.8 Å². The molecule has 102 valence electrons. The van der Waals surface area contributed by atoms with E-state index in [0.717, 1.165) is 30.1 Å². The summed E-state index contributed by atoms with van der Waals surface area (Å²) in [5, 5.41) is 15.7. The predicted octanol–water partition coefficient (Wildman–Crippen LogP) is 1.80. The van der Waals surface area contributed by atoms with Crippen molar-refractivity contribution in [2.45, 2.75) is 39.5 Å². The molecule has 0 fully saturated rings. The van der Waals surface area contributed by atoms with Gasteiger partial charge in [0.2, 0.25) is 0 Å². The molecule has 1 atom stereocenters. The molecule has 1 aromatic rings. The summed E-state index contributed by atoms with van der Waals surface area (Å²) in [5.41, 5.74) is 0.765. The molecule has 1 rings (SSSR count). The molecule has 2 N–H and O–H groups in total. The highest BCUT2D eigenvalue weighted by molar-refractivity contribution is 7.08. The molecule has 0 aromatic carbocycles. The number of aliphatic hydroxyl groups is 1. The summed E-state index contributed by atoms with van der Waals surface area (Å²) in [7, 11) is 0. The Hall–Kier alpha value is -1.01. The molecule has 1 unspecified atom stereocenters. The standard InChI is InChI=1S/C12H21N3O2S/c1-8(2)10-11(18-15-14-10)12(17)13-6-4-5-9(3)7-16/h8-9,16H,4-7H2,1-3H3,(H,13,17). The molecule has 0 saturated carbocycles. The van der Waals surface area contributed by atoms with Gasteiger partial charge in [-0.2, -0.15) is 0 Å². The Balaban J connectivity index is 2.39. The summed E-state index contributed by atoms with van der Waals surface area (Å²) < 4.78 is 3.83. The van der Waals surface area contributed by atoms with E-state index < -0.39 is 0 Å². The highest BCUT2D eigenvalue weighted by atomic mass is 32.1. The van der Waals surface area contributed by atoms with Crippen molar-refractivity contribution >= 4 is 17.4 Å². The van der Waals surface area contributed by atoms with Crippen molar-refractivity contribution in [3.05, 3.63) is 10.6 Å². The molecule has 0 spiro atoms. The van der Waals surface area contributed by atoms with E-state index in [1.54, 1.807) is 0 Å². The van der Waals surface area contributed by atoms with Crippen molar-refractivity contribution in [2.24, 2.45) is 5.92 Å².